The van der Waals surface area contributed by atoms with Crippen LogP contribution in [0.4, 0.5) is 0 Å². The van der Waals surface area contributed by atoms with Crippen molar-refractivity contribution in [2.24, 2.45) is 5.73 Å². The van der Waals surface area contributed by atoms with Crippen LogP contribution in [0.1, 0.15) is 24.0 Å². The summed E-state index contributed by atoms with van der Waals surface area (Å²) in [6, 6.07) is 7.76. The molecule has 0 bridgehead atoms. The molecule has 1 saturated carbocycles. The summed E-state index contributed by atoms with van der Waals surface area (Å²) in [5, 5.41) is 2.94. The predicted octanol–water partition coefficient (Wildman–Crippen LogP) is 2.60. The maximum Gasteiger partial charge on any atom is 0.228 e. The third kappa shape index (κ3) is 2.06. The van der Waals surface area contributed by atoms with E-state index in [9.17, 15) is 4.79 Å². The largest absolute Gasteiger partial charge is 0.369 e. The molecule has 0 aromatic heterocycles. The first-order valence-corrected chi connectivity index (χ1v) is 8.24. The molecule has 2 rings (SSSR count). The number of hydrogen-bond acceptors (Lipinski definition) is 2. The summed E-state index contributed by atoms with van der Waals surface area (Å²) in [6.07, 6.45) is 1.69. The van der Waals surface area contributed by atoms with Crippen LogP contribution in [0.5, 0.6) is 0 Å². The monoisotopic (exact) mass is 343 g/mol. The molecule has 1 aliphatic carbocycles. The van der Waals surface area contributed by atoms with Gasteiger partial charge in [-0.15, -0.1) is 0 Å². The highest BCUT2D eigenvalue weighted by Crippen LogP contribution is 2.48. The Kier molecular flexibility index (Phi) is 3.45. The van der Waals surface area contributed by atoms with Crippen LogP contribution in [0.3, 0.4) is 0 Å². The van der Waals surface area contributed by atoms with Gasteiger partial charge in [0.05, 0.1) is 5.41 Å². The van der Waals surface area contributed by atoms with Crippen molar-refractivity contribution in [1.82, 2.24) is 0 Å². The van der Waals surface area contributed by atoms with Crippen molar-refractivity contribution in [3.05, 3.63) is 35.4 Å². The van der Waals surface area contributed by atoms with Gasteiger partial charge in [-0.3, -0.25) is 4.79 Å². The third-order valence-corrected chi connectivity index (χ3v) is 3.73. The van der Waals surface area contributed by atoms with Gasteiger partial charge in [0.25, 0.3) is 0 Å². The molecule has 2 nitrogen and oxygen atoms in total. The fourth-order valence-corrected chi connectivity index (χ4v) is 2.34. The lowest BCUT2D eigenvalue weighted by atomic mass is 9.91. The summed E-state index contributed by atoms with van der Waals surface area (Å²) < 4.78 is 0. The molecule has 0 saturated heterocycles. The highest BCUT2D eigenvalue weighted by Gasteiger charge is 2.50. The minimum absolute atomic E-state index is 0.233. The molecule has 4 heteroatoms. The number of nitrogens with two attached hydrogens (primary N) is 1. The molecule has 1 aromatic carbocycles. The molecular weight excluding hydrogens is 333 g/mol. The van der Waals surface area contributed by atoms with Gasteiger partial charge in [0.15, 0.2) is 0 Å². The minimum atomic E-state index is -0.443. The van der Waals surface area contributed by atoms with Crippen LogP contribution in [0.15, 0.2) is 24.3 Å². The van der Waals surface area contributed by atoms with Crippen molar-refractivity contribution in [2.75, 3.05) is 0 Å². The molecule has 0 unspecified atom stereocenters. The van der Waals surface area contributed by atoms with Crippen molar-refractivity contribution in [3.63, 3.8) is 0 Å². The Hall–Kier alpha value is -0.670. The number of rotatable bonds is 2. The molecule has 1 amide bonds. The van der Waals surface area contributed by atoms with Gasteiger partial charge in [-0.25, -0.2) is 0 Å². The molecule has 0 atom stereocenters. The lowest BCUT2D eigenvalue weighted by Crippen LogP contribution is -2.29. The molecule has 0 heterocycles. The van der Waals surface area contributed by atoms with E-state index in [4.69, 9.17) is 5.73 Å². The highest BCUT2D eigenvalue weighted by atomic mass is 127. The van der Waals surface area contributed by atoms with Crippen LogP contribution in [0, 0.1) is 11.2 Å². The fourth-order valence-electron chi connectivity index (χ4n) is 1.86. The predicted molar refractivity (Wildman–Crippen MR) is 75.0 cm³/mol. The quantitative estimate of drug-likeness (QED) is 0.663. The average molecular weight is 343 g/mol. The normalized spacial score (nSPS) is 16.1. The fraction of sp³-hybridized carbons (Fsp3) is 0.250. The maximum atomic E-state index is 11.5. The Bertz CT molecular complexity index is 485. The number of primary amides is 1. The molecule has 1 fully saturated rings. The second-order valence-corrected chi connectivity index (χ2v) is 5.48. The Morgan fingerprint density at radius 3 is 2.69 bits per heavy atom. The first-order chi connectivity index (χ1) is 7.70. The van der Waals surface area contributed by atoms with Gasteiger partial charge < -0.3 is 5.73 Å². The summed E-state index contributed by atoms with van der Waals surface area (Å²) in [6.45, 7) is 0. The zero-order valence-corrected chi connectivity index (χ0v) is 11.5. The van der Waals surface area contributed by atoms with Crippen LogP contribution in [-0.2, 0) is 10.2 Å². The zero-order valence-electron chi connectivity index (χ0n) is 8.50. The van der Waals surface area contributed by atoms with Crippen LogP contribution in [-0.4, -0.2) is 5.91 Å². The van der Waals surface area contributed by atoms with E-state index in [2.05, 4.69) is 32.4 Å². The van der Waals surface area contributed by atoms with Gasteiger partial charge in [0.2, 0.25) is 5.91 Å². The van der Waals surface area contributed by atoms with Crippen LogP contribution in [0.2, 0.25) is 0 Å². The standard InChI is InChI=1S/C12H10INOS/c13-16-8-5-9-3-1-2-4-10(9)12(6-7-12)11(14)15/h1-4H,6-7H2,(H2,14,15). The number of hydrogen-bond donors (Lipinski definition) is 1. The number of amides is 1. The molecule has 0 aliphatic heterocycles. The van der Waals surface area contributed by atoms with Crippen LogP contribution >= 0.6 is 30.1 Å². The number of benzene rings is 1. The number of carbonyl (C=O) groups excluding carboxylic acids is 1. The molecular formula is C12H10INOS. The summed E-state index contributed by atoms with van der Waals surface area (Å²) in [5.74, 6) is 2.83. The van der Waals surface area contributed by atoms with Gasteiger partial charge in [-0.2, -0.15) is 0 Å². The Labute approximate surface area is 111 Å². The smallest absolute Gasteiger partial charge is 0.228 e. The first-order valence-electron chi connectivity index (χ1n) is 4.89. The first kappa shape index (κ1) is 11.8. The van der Waals surface area contributed by atoms with E-state index in [-0.39, 0.29) is 5.91 Å². The lowest BCUT2D eigenvalue weighted by Gasteiger charge is -2.13. The second-order valence-electron chi connectivity index (χ2n) is 3.80. The molecule has 0 radical (unpaired) electrons. The highest BCUT2D eigenvalue weighted by molar-refractivity contribution is 14.2. The van der Waals surface area contributed by atoms with E-state index in [0.717, 1.165) is 24.0 Å². The van der Waals surface area contributed by atoms with Crippen LogP contribution in [0.25, 0.3) is 0 Å². The number of halogens is 1. The van der Waals surface area contributed by atoms with Crippen LogP contribution < -0.4 is 5.73 Å². The number of carbonyl (C=O) groups is 1. The summed E-state index contributed by atoms with van der Waals surface area (Å²) in [7, 11) is 1.44. The summed E-state index contributed by atoms with van der Waals surface area (Å²) in [5.41, 5.74) is 6.93. The summed E-state index contributed by atoms with van der Waals surface area (Å²) >= 11 is 2.13. The molecule has 1 aromatic rings. The van der Waals surface area contributed by atoms with Gasteiger partial charge >= 0.3 is 0 Å². The Morgan fingerprint density at radius 2 is 2.12 bits per heavy atom. The van der Waals surface area contributed by atoms with Gasteiger partial charge in [-0.1, -0.05) is 24.1 Å². The van der Waals surface area contributed by atoms with E-state index in [1.54, 1.807) is 0 Å². The third-order valence-electron chi connectivity index (χ3n) is 2.89. The van der Waals surface area contributed by atoms with Crippen molar-refractivity contribution in [2.45, 2.75) is 18.3 Å². The van der Waals surface area contributed by atoms with Gasteiger partial charge in [0, 0.05) is 26.8 Å². The van der Waals surface area contributed by atoms with Crippen molar-refractivity contribution in [3.8, 4) is 11.2 Å². The van der Waals surface area contributed by atoms with E-state index < -0.39 is 5.41 Å². The topological polar surface area (TPSA) is 43.1 Å². The lowest BCUT2D eigenvalue weighted by molar-refractivity contribution is -0.120. The van der Waals surface area contributed by atoms with Gasteiger partial charge in [-0.05, 0) is 38.7 Å². The second kappa shape index (κ2) is 4.68. The molecule has 2 N–H and O–H groups in total. The molecule has 1 aliphatic rings. The average Bonchev–Trinajstić information content (AvgIpc) is 3.08. The summed E-state index contributed by atoms with van der Waals surface area (Å²) in [4.78, 5) is 11.5. The van der Waals surface area contributed by atoms with E-state index in [1.807, 2.05) is 24.3 Å². The van der Waals surface area contributed by atoms with E-state index in [1.165, 1.54) is 8.93 Å². The van der Waals surface area contributed by atoms with Crippen molar-refractivity contribution >= 4 is 36.0 Å². The minimum Gasteiger partial charge on any atom is -0.369 e. The van der Waals surface area contributed by atoms with Crippen molar-refractivity contribution in [1.29, 1.82) is 0 Å². The van der Waals surface area contributed by atoms with E-state index >= 15 is 0 Å². The Balaban J connectivity index is 2.45. The molecule has 0 spiro atoms. The van der Waals surface area contributed by atoms with Crippen molar-refractivity contribution < 1.29 is 4.79 Å². The molecule has 16 heavy (non-hydrogen) atoms. The van der Waals surface area contributed by atoms with Gasteiger partial charge in [0.1, 0.15) is 0 Å². The van der Waals surface area contributed by atoms with E-state index in [0.29, 0.717) is 0 Å². The Morgan fingerprint density at radius 1 is 1.44 bits per heavy atom. The SMILES string of the molecule is NC(=O)C1(c2ccccc2C#CSI)CC1. The molecule has 82 valence electrons. The zero-order chi connectivity index (χ0) is 11.6. The maximum absolute atomic E-state index is 11.5.